The van der Waals surface area contributed by atoms with E-state index >= 15 is 0 Å². The second-order valence-corrected chi connectivity index (χ2v) is 19.8. The molecule has 9 aromatic rings. The lowest BCUT2D eigenvalue weighted by Gasteiger charge is -2.31. The van der Waals surface area contributed by atoms with Crippen LogP contribution in [0.5, 0.6) is 0 Å². The molecule has 0 aliphatic heterocycles. The molecule has 7 heteroatoms. The first-order chi connectivity index (χ1) is 33.9. The fourth-order valence-corrected chi connectivity index (χ4v) is 11.9. The van der Waals surface area contributed by atoms with Gasteiger partial charge in [-0.2, -0.15) is 5.26 Å². The number of carboxylic acids is 1. The van der Waals surface area contributed by atoms with Gasteiger partial charge in [0, 0.05) is 53.0 Å². The average Bonchev–Trinajstić information content (AvgIpc) is 4.00. The Labute approximate surface area is 414 Å². The van der Waals surface area contributed by atoms with E-state index in [0.717, 1.165) is 128 Å². The lowest BCUT2D eigenvalue weighted by Crippen LogP contribution is -2.14. The third kappa shape index (κ3) is 10.6. The number of carbonyl (C=O) groups is 1. The highest BCUT2D eigenvalue weighted by molar-refractivity contribution is 7.24. The van der Waals surface area contributed by atoms with Crippen molar-refractivity contribution in [1.82, 2.24) is 0 Å². The zero-order valence-electron chi connectivity index (χ0n) is 39.4. The standard InChI is InChI=1S/C62H57N3O2S2/c1-3-5-7-11-25-46-39-60(68-58(46)41-49(43-63)62(66)67)61-47(26-12-8-6-4-2)40-59(69-61)48-37-52(64(50-29-13-9-14-30-50)56-35-21-27-44-23-17-19-33-54(44)56)42-53(38-48)65(51-31-15-10-16-32-51)57-36-22-28-45-24-18-20-34-55(45)57/h9-10,13-24,27-42H,3-8,11-12,25-26H2,1-2H3,(H,66,67)/b49-41-. The average molecular weight is 940 g/mol. The van der Waals surface area contributed by atoms with Gasteiger partial charge < -0.3 is 14.9 Å². The van der Waals surface area contributed by atoms with Gasteiger partial charge in [-0.15, -0.1) is 22.7 Å². The number of anilines is 6. The lowest BCUT2D eigenvalue weighted by atomic mass is 10.0. The van der Waals surface area contributed by atoms with Gasteiger partial charge >= 0.3 is 5.97 Å². The van der Waals surface area contributed by atoms with Crippen LogP contribution in [-0.2, 0) is 17.6 Å². The van der Waals surface area contributed by atoms with Gasteiger partial charge in [0.05, 0.1) is 11.4 Å². The Bertz CT molecular complexity index is 3120. The van der Waals surface area contributed by atoms with Crippen molar-refractivity contribution in [2.45, 2.75) is 78.1 Å². The van der Waals surface area contributed by atoms with Crippen LogP contribution in [-0.4, -0.2) is 11.1 Å². The maximum Gasteiger partial charge on any atom is 0.346 e. The van der Waals surface area contributed by atoms with Crippen molar-refractivity contribution in [2.24, 2.45) is 0 Å². The Morgan fingerprint density at radius 3 is 1.55 bits per heavy atom. The molecule has 0 amide bonds. The number of aryl methyl sites for hydroxylation is 2. The predicted octanol–water partition coefficient (Wildman–Crippen LogP) is 18.6. The van der Waals surface area contributed by atoms with Crippen molar-refractivity contribution >= 4 is 90.4 Å². The molecule has 0 aliphatic carbocycles. The molecule has 5 nitrogen and oxygen atoms in total. The molecular weight excluding hydrogens is 883 g/mol. The number of para-hydroxylation sites is 2. The Hall–Kier alpha value is -7.24. The number of unbranched alkanes of at least 4 members (excludes halogenated alkanes) is 6. The van der Waals surface area contributed by atoms with E-state index in [2.05, 4.69) is 200 Å². The molecule has 0 radical (unpaired) electrons. The zero-order chi connectivity index (χ0) is 47.5. The smallest absolute Gasteiger partial charge is 0.346 e. The van der Waals surface area contributed by atoms with Crippen LogP contribution in [0.1, 0.15) is 81.2 Å². The first-order valence-electron chi connectivity index (χ1n) is 24.4. The van der Waals surface area contributed by atoms with Gasteiger partial charge in [-0.05, 0) is 126 Å². The number of rotatable bonds is 20. The van der Waals surface area contributed by atoms with Gasteiger partial charge in [-0.1, -0.05) is 162 Å². The quantitative estimate of drug-likeness (QED) is 0.0468. The van der Waals surface area contributed by atoms with Crippen molar-refractivity contribution < 1.29 is 9.90 Å². The minimum atomic E-state index is -1.20. The van der Waals surface area contributed by atoms with Crippen LogP contribution < -0.4 is 9.80 Å². The summed E-state index contributed by atoms with van der Waals surface area (Å²) in [5.74, 6) is -1.20. The molecule has 0 saturated carbocycles. The van der Waals surface area contributed by atoms with Crippen molar-refractivity contribution in [1.29, 1.82) is 5.26 Å². The Morgan fingerprint density at radius 1 is 0.536 bits per heavy atom. The van der Waals surface area contributed by atoms with Crippen LogP contribution in [0.3, 0.4) is 0 Å². The van der Waals surface area contributed by atoms with Crippen LogP contribution in [0.4, 0.5) is 34.1 Å². The molecule has 2 aromatic heterocycles. The number of hydrogen-bond donors (Lipinski definition) is 1. The molecule has 2 heterocycles. The Kier molecular flexibility index (Phi) is 15.1. The second-order valence-electron chi connectivity index (χ2n) is 17.6. The van der Waals surface area contributed by atoms with Crippen molar-refractivity contribution in [3.8, 4) is 26.3 Å². The highest BCUT2D eigenvalue weighted by atomic mass is 32.1. The lowest BCUT2D eigenvalue weighted by molar-refractivity contribution is -0.132. The van der Waals surface area contributed by atoms with Crippen molar-refractivity contribution in [3.63, 3.8) is 0 Å². The number of nitriles is 1. The van der Waals surface area contributed by atoms with E-state index in [1.807, 2.05) is 17.4 Å². The molecule has 344 valence electrons. The van der Waals surface area contributed by atoms with Gasteiger partial charge in [0.1, 0.15) is 11.6 Å². The largest absolute Gasteiger partial charge is 0.477 e. The van der Waals surface area contributed by atoms with Crippen LogP contribution in [0.2, 0.25) is 0 Å². The van der Waals surface area contributed by atoms with Crippen LogP contribution in [0.15, 0.2) is 181 Å². The normalized spacial score (nSPS) is 11.5. The second kappa shape index (κ2) is 22.2. The number of aliphatic carboxylic acids is 1. The summed E-state index contributed by atoms with van der Waals surface area (Å²) in [5.41, 5.74) is 9.62. The van der Waals surface area contributed by atoms with Gasteiger partial charge in [0.15, 0.2) is 0 Å². The molecule has 0 atom stereocenters. The summed E-state index contributed by atoms with van der Waals surface area (Å²) in [4.78, 5) is 21.3. The fourth-order valence-electron chi connectivity index (χ4n) is 9.41. The van der Waals surface area contributed by atoms with Crippen molar-refractivity contribution in [3.05, 3.63) is 198 Å². The van der Waals surface area contributed by atoms with Crippen LogP contribution in [0.25, 0.3) is 47.8 Å². The fraction of sp³-hybridized carbons (Fsp3) is 0.194. The van der Waals surface area contributed by atoms with Crippen molar-refractivity contribution in [2.75, 3.05) is 9.80 Å². The van der Waals surface area contributed by atoms with Gasteiger partial charge in [-0.25, -0.2) is 4.79 Å². The van der Waals surface area contributed by atoms with Gasteiger partial charge in [0.2, 0.25) is 0 Å². The van der Waals surface area contributed by atoms with E-state index in [4.69, 9.17) is 0 Å². The van der Waals surface area contributed by atoms with Gasteiger partial charge in [-0.3, -0.25) is 0 Å². The summed E-state index contributed by atoms with van der Waals surface area (Å²) < 4.78 is 0. The summed E-state index contributed by atoms with van der Waals surface area (Å²) in [6, 6.07) is 65.4. The first kappa shape index (κ1) is 46.9. The topological polar surface area (TPSA) is 67.6 Å². The number of carboxylic acid groups (broad SMARTS) is 1. The zero-order valence-corrected chi connectivity index (χ0v) is 41.0. The molecule has 69 heavy (non-hydrogen) atoms. The maximum absolute atomic E-state index is 12.2. The molecule has 0 fully saturated rings. The number of nitrogens with zero attached hydrogens (tertiary/aromatic N) is 3. The monoisotopic (exact) mass is 939 g/mol. The number of fused-ring (bicyclic) bond motifs is 2. The van der Waals surface area contributed by atoms with E-state index in [-0.39, 0.29) is 5.57 Å². The van der Waals surface area contributed by atoms with Crippen LogP contribution in [0, 0.1) is 11.3 Å². The van der Waals surface area contributed by atoms with E-state index in [0.29, 0.717) is 0 Å². The molecule has 0 spiro atoms. The van der Waals surface area contributed by atoms with E-state index in [1.165, 1.54) is 27.6 Å². The van der Waals surface area contributed by atoms with E-state index in [9.17, 15) is 15.2 Å². The summed E-state index contributed by atoms with van der Waals surface area (Å²) in [6.07, 6.45) is 12.4. The summed E-state index contributed by atoms with van der Waals surface area (Å²) in [5, 5.41) is 24.5. The maximum atomic E-state index is 12.2. The number of hydrogen-bond acceptors (Lipinski definition) is 6. The third-order valence-corrected chi connectivity index (χ3v) is 15.4. The minimum Gasteiger partial charge on any atom is -0.477 e. The molecule has 0 aliphatic rings. The first-order valence-corrected chi connectivity index (χ1v) is 26.0. The number of thiophene rings is 2. The molecule has 1 N–H and O–H groups in total. The highest BCUT2D eigenvalue weighted by Gasteiger charge is 2.24. The Balaban J connectivity index is 1.29. The van der Waals surface area contributed by atoms with E-state index < -0.39 is 5.97 Å². The molecule has 9 rings (SSSR count). The number of benzene rings is 7. The SMILES string of the molecule is CCCCCCc1cc(-c2sc(-c3cc(N(c4ccccc4)c4cccc5ccccc45)cc(N(c4ccccc4)c4cccc5ccccc45)c3)cc2CCCCCC)sc1/C=C(/C#N)C(=O)O. The molecular formula is C62H57N3O2S2. The van der Waals surface area contributed by atoms with Crippen LogP contribution >= 0.6 is 22.7 Å². The highest BCUT2D eigenvalue weighted by Crippen LogP contribution is 2.49. The third-order valence-electron chi connectivity index (χ3n) is 12.8. The summed E-state index contributed by atoms with van der Waals surface area (Å²) >= 11 is 3.43. The predicted molar refractivity (Wildman–Crippen MR) is 294 cm³/mol. The minimum absolute atomic E-state index is 0.238. The Morgan fingerprint density at radius 2 is 1.03 bits per heavy atom. The molecule has 0 bridgehead atoms. The molecule has 7 aromatic carbocycles. The van der Waals surface area contributed by atoms with Gasteiger partial charge in [0.25, 0.3) is 0 Å². The van der Waals surface area contributed by atoms with E-state index in [1.54, 1.807) is 17.4 Å². The summed E-state index contributed by atoms with van der Waals surface area (Å²) in [6.45, 7) is 4.46. The molecule has 0 saturated heterocycles. The molecule has 0 unspecified atom stereocenters. The summed E-state index contributed by atoms with van der Waals surface area (Å²) in [7, 11) is 0.